The average Bonchev–Trinajstić information content (AvgIpc) is 2.61. The molecule has 0 saturated heterocycles. The topological polar surface area (TPSA) is 105 Å². The maximum atomic E-state index is 12.2. The van der Waals surface area contributed by atoms with Crippen LogP contribution < -0.4 is 10.6 Å². The number of anilines is 1. The van der Waals surface area contributed by atoms with Crippen molar-refractivity contribution in [2.75, 3.05) is 26.0 Å². The van der Waals surface area contributed by atoms with Gasteiger partial charge in [-0.1, -0.05) is 23.7 Å². The Morgan fingerprint density at radius 3 is 2.44 bits per heavy atom. The summed E-state index contributed by atoms with van der Waals surface area (Å²) in [6.45, 7) is 0.500. The first-order valence-corrected chi connectivity index (χ1v) is 8.41. The lowest BCUT2D eigenvalue weighted by Crippen LogP contribution is -2.30. The van der Waals surface area contributed by atoms with Gasteiger partial charge in [-0.25, -0.2) is 0 Å². The maximum Gasteiger partial charge on any atom is 0.292 e. The molecule has 0 saturated carbocycles. The van der Waals surface area contributed by atoms with E-state index in [1.807, 2.05) is 0 Å². The molecule has 2 amide bonds. The van der Waals surface area contributed by atoms with E-state index in [0.717, 1.165) is 5.56 Å². The molecule has 0 aliphatic carbocycles. The zero-order chi connectivity index (χ0) is 20.0. The van der Waals surface area contributed by atoms with Crippen LogP contribution in [0.1, 0.15) is 15.9 Å². The van der Waals surface area contributed by atoms with Crippen molar-refractivity contribution < 1.29 is 14.5 Å². The molecule has 0 spiro atoms. The second-order valence-corrected chi connectivity index (χ2v) is 6.35. The normalized spacial score (nSPS) is 10.5. The van der Waals surface area contributed by atoms with Gasteiger partial charge >= 0.3 is 0 Å². The van der Waals surface area contributed by atoms with E-state index in [-0.39, 0.29) is 23.8 Å². The Morgan fingerprint density at radius 2 is 1.85 bits per heavy atom. The number of hydrogen-bond acceptors (Lipinski definition) is 5. The molecule has 0 radical (unpaired) electrons. The molecular formula is C18H19ClN4O4. The minimum absolute atomic E-state index is 0.0286. The molecule has 0 aliphatic rings. The minimum atomic E-state index is -0.580. The molecule has 2 aromatic carbocycles. The van der Waals surface area contributed by atoms with Crippen molar-refractivity contribution in [3.63, 3.8) is 0 Å². The highest BCUT2D eigenvalue weighted by Crippen LogP contribution is 2.27. The monoisotopic (exact) mass is 390 g/mol. The van der Waals surface area contributed by atoms with Gasteiger partial charge in [0, 0.05) is 30.2 Å². The van der Waals surface area contributed by atoms with Crippen LogP contribution in [0.15, 0.2) is 42.5 Å². The molecule has 2 aromatic rings. The fourth-order valence-corrected chi connectivity index (χ4v) is 2.65. The van der Waals surface area contributed by atoms with Crippen molar-refractivity contribution in [1.29, 1.82) is 0 Å². The number of nitrogens with zero attached hydrogens (tertiary/aromatic N) is 2. The van der Waals surface area contributed by atoms with Crippen LogP contribution in [-0.2, 0) is 11.3 Å². The fraction of sp³-hybridized carbons (Fsp3) is 0.222. The highest BCUT2D eigenvalue weighted by Gasteiger charge is 2.17. The molecule has 142 valence electrons. The van der Waals surface area contributed by atoms with Crippen LogP contribution >= 0.6 is 11.6 Å². The second kappa shape index (κ2) is 9.11. The minimum Gasteiger partial charge on any atom is -0.355 e. The van der Waals surface area contributed by atoms with Gasteiger partial charge in [-0.05, 0) is 36.9 Å². The zero-order valence-electron chi connectivity index (χ0n) is 14.9. The summed E-state index contributed by atoms with van der Waals surface area (Å²) in [5.74, 6) is -0.567. The van der Waals surface area contributed by atoms with Crippen molar-refractivity contribution in [3.8, 4) is 0 Å². The molecule has 27 heavy (non-hydrogen) atoms. The number of likely N-dealkylation sites (N-methyl/N-ethyl adjacent to an activating group) is 1. The fourth-order valence-electron chi connectivity index (χ4n) is 2.48. The van der Waals surface area contributed by atoms with Crippen LogP contribution in [0.3, 0.4) is 0 Å². The van der Waals surface area contributed by atoms with E-state index in [4.69, 9.17) is 11.6 Å². The lowest BCUT2D eigenvalue weighted by Gasteiger charge is -2.16. The number of rotatable bonds is 7. The van der Waals surface area contributed by atoms with Crippen LogP contribution in [0.2, 0.25) is 5.02 Å². The summed E-state index contributed by atoms with van der Waals surface area (Å²) < 4.78 is 0. The van der Waals surface area contributed by atoms with Gasteiger partial charge in [-0.3, -0.25) is 24.6 Å². The van der Waals surface area contributed by atoms with Gasteiger partial charge in [0.2, 0.25) is 5.91 Å². The zero-order valence-corrected chi connectivity index (χ0v) is 15.6. The summed E-state index contributed by atoms with van der Waals surface area (Å²) in [7, 11) is 3.31. The Kier molecular flexibility index (Phi) is 6.86. The maximum absolute atomic E-state index is 12.2. The van der Waals surface area contributed by atoms with Gasteiger partial charge in [0.1, 0.15) is 5.69 Å². The summed E-state index contributed by atoms with van der Waals surface area (Å²) in [4.78, 5) is 36.0. The molecule has 8 nitrogen and oxygen atoms in total. The standard InChI is InChI=1S/C18H19ClN4O4/c1-20-18(25)13-5-3-12(4-6-13)10-22(2)11-17(24)21-15-9-14(19)7-8-16(15)23(26)27/h3-9H,10-11H2,1-2H3,(H,20,25)(H,21,24). The third-order valence-corrected chi connectivity index (χ3v) is 3.97. The van der Waals surface area contributed by atoms with E-state index in [2.05, 4.69) is 10.6 Å². The Labute approximate surface area is 161 Å². The van der Waals surface area contributed by atoms with Crippen molar-refractivity contribution in [3.05, 3.63) is 68.7 Å². The summed E-state index contributed by atoms with van der Waals surface area (Å²) in [5.41, 5.74) is 1.31. The van der Waals surface area contributed by atoms with Crippen LogP contribution in [0.4, 0.5) is 11.4 Å². The Bertz CT molecular complexity index is 855. The van der Waals surface area contributed by atoms with E-state index in [1.54, 1.807) is 43.3 Å². The predicted molar refractivity (Wildman–Crippen MR) is 103 cm³/mol. The number of nitro groups is 1. The van der Waals surface area contributed by atoms with E-state index >= 15 is 0 Å². The van der Waals surface area contributed by atoms with Gasteiger partial charge in [0.15, 0.2) is 0 Å². The number of halogens is 1. The van der Waals surface area contributed by atoms with Crippen molar-refractivity contribution in [2.45, 2.75) is 6.54 Å². The molecule has 0 heterocycles. The quantitative estimate of drug-likeness (QED) is 0.558. The highest BCUT2D eigenvalue weighted by molar-refractivity contribution is 6.31. The molecule has 0 aromatic heterocycles. The number of nitro benzene ring substituents is 1. The molecule has 0 bridgehead atoms. The number of amides is 2. The van der Waals surface area contributed by atoms with Gasteiger partial charge in [-0.2, -0.15) is 0 Å². The van der Waals surface area contributed by atoms with Gasteiger partial charge in [0.05, 0.1) is 11.5 Å². The number of carbonyl (C=O) groups is 2. The summed E-state index contributed by atoms with van der Waals surface area (Å²) in [6, 6.07) is 11.0. The highest BCUT2D eigenvalue weighted by atomic mass is 35.5. The van der Waals surface area contributed by atoms with Crippen LogP contribution in [-0.4, -0.2) is 42.3 Å². The van der Waals surface area contributed by atoms with Crippen molar-refractivity contribution in [1.82, 2.24) is 10.2 Å². The molecule has 0 fully saturated rings. The number of hydrogen-bond donors (Lipinski definition) is 2. The lowest BCUT2D eigenvalue weighted by molar-refractivity contribution is -0.383. The van der Waals surface area contributed by atoms with E-state index < -0.39 is 10.8 Å². The molecule has 0 atom stereocenters. The van der Waals surface area contributed by atoms with Gasteiger partial charge in [-0.15, -0.1) is 0 Å². The first kappa shape index (κ1) is 20.3. The van der Waals surface area contributed by atoms with Crippen LogP contribution in [0, 0.1) is 10.1 Å². The number of nitrogens with one attached hydrogen (secondary N) is 2. The number of benzene rings is 2. The smallest absolute Gasteiger partial charge is 0.292 e. The first-order chi connectivity index (χ1) is 12.8. The third-order valence-electron chi connectivity index (χ3n) is 3.74. The van der Waals surface area contributed by atoms with Crippen LogP contribution in [0.5, 0.6) is 0 Å². The average molecular weight is 391 g/mol. The SMILES string of the molecule is CNC(=O)c1ccc(CN(C)CC(=O)Nc2cc(Cl)ccc2[N+](=O)[O-])cc1. The molecule has 9 heteroatoms. The largest absolute Gasteiger partial charge is 0.355 e. The summed E-state index contributed by atoms with van der Waals surface area (Å²) in [6.07, 6.45) is 0. The summed E-state index contributed by atoms with van der Waals surface area (Å²) in [5, 5.41) is 16.4. The van der Waals surface area contributed by atoms with E-state index in [0.29, 0.717) is 17.1 Å². The van der Waals surface area contributed by atoms with Crippen LogP contribution in [0.25, 0.3) is 0 Å². The Morgan fingerprint density at radius 1 is 1.19 bits per heavy atom. The van der Waals surface area contributed by atoms with Gasteiger partial charge in [0.25, 0.3) is 11.6 Å². The third kappa shape index (κ3) is 5.77. The second-order valence-electron chi connectivity index (χ2n) is 5.92. The molecule has 0 aliphatic heterocycles. The summed E-state index contributed by atoms with van der Waals surface area (Å²) >= 11 is 5.85. The van der Waals surface area contributed by atoms with Gasteiger partial charge < -0.3 is 10.6 Å². The molecule has 2 N–H and O–H groups in total. The molecule has 2 rings (SSSR count). The van der Waals surface area contributed by atoms with Crippen molar-refractivity contribution in [2.24, 2.45) is 0 Å². The van der Waals surface area contributed by atoms with Crippen molar-refractivity contribution >= 4 is 34.8 Å². The Balaban J connectivity index is 1.97. The Hall–Kier alpha value is -2.97. The molecular weight excluding hydrogens is 372 g/mol. The predicted octanol–water partition coefficient (Wildman–Crippen LogP) is 2.68. The molecule has 0 unspecified atom stereocenters. The van der Waals surface area contributed by atoms with E-state index in [1.165, 1.54) is 18.2 Å². The number of carbonyl (C=O) groups excluding carboxylic acids is 2. The first-order valence-electron chi connectivity index (χ1n) is 8.03. The lowest BCUT2D eigenvalue weighted by atomic mass is 10.1. The van der Waals surface area contributed by atoms with E-state index in [9.17, 15) is 19.7 Å².